The number of halogens is 3. The first-order chi connectivity index (χ1) is 13.8. The van der Waals surface area contributed by atoms with Crippen molar-refractivity contribution in [3.8, 4) is 0 Å². The first-order valence-electron chi connectivity index (χ1n) is 9.50. The normalized spacial score (nSPS) is 31.2. The van der Waals surface area contributed by atoms with Crippen LogP contribution in [0.3, 0.4) is 0 Å². The molecule has 2 N–H and O–H groups in total. The molecule has 4 rings (SSSR count). The standard InChI is InChI=1S/C22H20Cl3NO3/c1-11-19-18(12-2-4-13(23)5-3-12)16(15-7-6-14(24)10-17(15)25)8-9-22(19,21(28)29)20(27)26-11/h2-7,10-11,16,18-19H,8-9H2,1H3,(H,26,27)(H,28,29)/t11-,16+,18+,19+,22+/m1/s1. The second kappa shape index (κ2) is 7.50. The molecule has 2 aromatic rings. The maximum absolute atomic E-state index is 12.8. The summed E-state index contributed by atoms with van der Waals surface area (Å²) in [6.07, 6.45) is 0.786. The van der Waals surface area contributed by atoms with Gasteiger partial charge in [-0.15, -0.1) is 0 Å². The molecular formula is C22H20Cl3NO3. The lowest BCUT2D eigenvalue weighted by atomic mass is 9.55. The van der Waals surface area contributed by atoms with Crippen molar-refractivity contribution in [3.05, 3.63) is 68.7 Å². The van der Waals surface area contributed by atoms with Crippen LogP contribution in [0, 0.1) is 11.3 Å². The molecule has 1 aliphatic heterocycles. The quantitative estimate of drug-likeness (QED) is 0.603. The molecule has 2 aromatic carbocycles. The Kier molecular flexibility index (Phi) is 5.30. The molecule has 1 amide bonds. The molecule has 1 aliphatic carbocycles. The van der Waals surface area contributed by atoms with Crippen LogP contribution in [0.5, 0.6) is 0 Å². The van der Waals surface area contributed by atoms with Crippen LogP contribution in [0.4, 0.5) is 0 Å². The zero-order valence-corrected chi connectivity index (χ0v) is 17.9. The average Bonchev–Trinajstić information content (AvgIpc) is 2.93. The molecular weight excluding hydrogens is 433 g/mol. The molecule has 0 unspecified atom stereocenters. The lowest BCUT2D eigenvalue weighted by Crippen LogP contribution is -2.49. The van der Waals surface area contributed by atoms with E-state index in [9.17, 15) is 14.7 Å². The van der Waals surface area contributed by atoms with Crippen molar-refractivity contribution in [1.82, 2.24) is 5.32 Å². The van der Waals surface area contributed by atoms with Crippen molar-refractivity contribution >= 4 is 46.7 Å². The van der Waals surface area contributed by atoms with Crippen molar-refractivity contribution in [3.63, 3.8) is 0 Å². The SMILES string of the molecule is C[C@H]1NC(=O)[C@]2(C(=O)O)CC[C@@H](c3ccc(Cl)cc3Cl)[C@H](c3ccc(Cl)cc3)[C@H]12. The summed E-state index contributed by atoms with van der Waals surface area (Å²) in [7, 11) is 0. The number of fused-ring (bicyclic) bond motifs is 1. The summed E-state index contributed by atoms with van der Waals surface area (Å²) < 4.78 is 0. The van der Waals surface area contributed by atoms with Gasteiger partial charge in [-0.1, -0.05) is 53.0 Å². The first-order valence-corrected chi connectivity index (χ1v) is 10.6. The summed E-state index contributed by atoms with van der Waals surface area (Å²) in [5.74, 6) is -2.15. The third-order valence-electron chi connectivity index (χ3n) is 6.54. The van der Waals surface area contributed by atoms with Crippen LogP contribution in [0.1, 0.15) is 42.7 Å². The highest BCUT2D eigenvalue weighted by molar-refractivity contribution is 6.35. The van der Waals surface area contributed by atoms with E-state index in [2.05, 4.69) is 5.32 Å². The van der Waals surface area contributed by atoms with Gasteiger partial charge in [0.05, 0.1) is 0 Å². The fourth-order valence-corrected chi connectivity index (χ4v) is 6.01. The summed E-state index contributed by atoms with van der Waals surface area (Å²) in [6.45, 7) is 1.88. The number of aliphatic carboxylic acids is 1. The number of carboxylic acids is 1. The largest absolute Gasteiger partial charge is 0.480 e. The van der Waals surface area contributed by atoms with Crippen LogP contribution < -0.4 is 5.32 Å². The monoisotopic (exact) mass is 451 g/mol. The highest BCUT2D eigenvalue weighted by Gasteiger charge is 2.64. The van der Waals surface area contributed by atoms with Gasteiger partial charge in [0.2, 0.25) is 5.91 Å². The number of benzene rings is 2. The number of carbonyl (C=O) groups is 2. The summed E-state index contributed by atoms with van der Waals surface area (Å²) in [4.78, 5) is 25.2. The molecule has 0 spiro atoms. The summed E-state index contributed by atoms with van der Waals surface area (Å²) in [5, 5.41) is 14.7. The molecule has 0 aromatic heterocycles. The molecule has 152 valence electrons. The zero-order valence-electron chi connectivity index (χ0n) is 15.7. The zero-order chi connectivity index (χ0) is 20.9. The van der Waals surface area contributed by atoms with E-state index in [0.717, 1.165) is 11.1 Å². The van der Waals surface area contributed by atoms with E-state index >= 15 is 0 Å². The van der Waals surface area contributed by atoms with E-state index in [0.29, 0.717) is 21.5 Å². The third kappa shape index (κ3) is 3.22. The Bertz CT molecular complexity index is 978. The van der Waals surface area contributed by atoms with Gasteiger partial charge in [0.15, 0.2) is 5.41 Å². The predicted molar refractivity (Wildman–Crippen MR) is 114 cm³/mol. The maximum Gasteiger partial charge on any atom is 0.319 e. The van der Waals surface area contributed by atoms with Gasteiger partial charge in [-0.2, -0.15) is 0 Å². The number of nitrogens with one attached hydrogen (secondary N) is 1. The van der Waals surface area contributed by atoms with Crippen LogP contribution in [0.25, 0.3) is 0 Å². The van der Waals surface area contributed by atoms with Crippen LogP contribution >= 0.6 is 34.8 Å². The molecule has 4 nitrogen and oxygen atoms in total. The maximum atomic E-state index is 12.8. The van der Waals surface area contributed by atoms with Gasteiger partial charge >= 0.3 is 5.97 Å². The van der Waals surface area contributed by atoms with E-state index in [1.165, 1.54) is 0 Å². The Labute approximate surface area is 184 Å². The van der Waals surface area contributed by atoms with E-state index < -0.39 is 23.2 Å². The number of rotatable bonds is 3. The first kappa shape index (κ1) is 20.5. The number of carboxylic acid groups (broad SMARTS) is 1. The molecule has 5 atom stereocenters. The molecule has 1 heterocycles. The lowest BCUT2D eigenvalue weighted by molar-refractivity contribution is -0.159. The number of amides is 1. The van der Waals surface area contributed by atoms with Gasteiger partial charge in [-0.05, 0) is 67.0 Å². The average molecular weight is 453 g/mol. The molecule has 2 fully saturated rings. The minimum atomic E-state index is -1.45. The highest BCUT2D eigenvalue weighted by atomic mass is 35.5. The van der Waals surface area contributed by atoms with Gasteiger partial charge in [0.25, 0.3) is 0 Å². The number of hydrogen-bond acceptors (Lipinski definition) is 2. The topological polar surface area (TPSA) is 66.4 Å². The second-order valence-electron chi connectivity index (χ2n) is 7.95. The Balaban J connectivity index is 1.90. The minimum Gasteiger partial charge on any atom is -0.480 e. The van der Waals surface area contributed by atoms with Gasteiger partial charge < -0.3 is 10.4 Å². The van der Waals surface area contributed by atoms with Crippen LogP contribution in [-0.4, -0.2) is 23.0 Å². The third-order valence-corrected chi connectivity index (χ3v) is 7.35. The molecule has 0 bridgehead atoms. The van der Waals surface area contributed by atoms with Crippen molar-refractivity contribution in [1.29, 1.82) is 0 Å². The van der Waals surface area contributed by atoms with Gasteiger partial charge in [-0.3, -0.25) is 9.59 Å². The Hall–Kier alpha value is -1.75. The smallest absolute Gasteiger partial charge is 0.319 e. The van der Waals surface area contributed by atoms with E-state index in [-0.39, 0.29) is 24.3 Å². The van der Waals surface area contributed by atoms with Crippen LogP contribution in [0.15, 0.2) is 42.5 Å². The summed E-state index contributed by atoms with van der Waals surface area (Å²) >= 11 is 18.7. The summed E-state index contributed by atoms with van der Waals surface area (Å²) in [5.41, 5.74) is 0.421. The predicted octanol–water partition coefficient (Wildman–Crippen LogP) is 5.51. The van der Waals surface area contributed by atoms with Crippen molar-refractivity contribution in [2.75, 3.05) is 0 Å². The van der Waals surface area contributed by atoms with Crippen molar-refractivity contribution in [2.24, 2.45) is 11.3 Å². The van der Waals surface area contributed by atoms with Gasteiger partial charge in [0.1, 0.15) is 0 Å². The fraction of sp³-hybridized carbons (Fsp3) is 0.364. The number of carbonyl (C=O) groups excluding carboxylic acids is 1. The molecule has 7 heteroatoms. The van der Waals surface area contributed by atoms with Gasteiger partial charge in [-0.25, -0.2) is 0 Å². The Morgan fingerprint density at radius 3 is 2.38 bits per heavy atom. The van der Waals surface area contributed by atoms with Gasteiger partial charge in [0, 0.05) is 27.0 Å². The van der Waals surface area contributed by atoms with E-state index in [1.807, 2.05) is 25.1 Å². The van der Waals surface area contributed by atoms with E-state index in [1.54, 1.807) is 24.3 Å². The second-order valence-corrected chi connectivity index (χ2v) is 9.23. The molecule has 29 heavy (non-hydrogen) atoms. The van der Waals surface area contributed by atoms with E-state index in [4.69, 9.17) is 34.8 Å². The highest BCUT2D eigenvalue weighted by Crippen LogP contribution is 2.59. The van der Waals surface area contributed by atoms with Crippen molar-refractivity contribution in [2.45, 2.75) is 37.6 Å². The molecule has 2 aliphatic rings. The number of hydrogen-bond donors (Lipinski definition) is 2. The molecule has 1 saturated carbocycles. The Morgan fingerprint density at radius 2 is 1.76 bits per heavy atom. The van der Waals surface area contributed by atoms with Crippen molar-refractivity contribution < 1.29 is 14.7 Å². The minimum absolute atomic E-state index is 0.0476. The Morgan fingerprint density at radius 1 is 1.10 bits per heavy atom. The lowest BCUT2D eigenvalue weighted by Gasteiger charge is -2.45. The van der Waals surface area contributed by atoms with Crippen LogP contribution in [-0.2, 0) is 9.59 Å². The summed E-state index contributed by atoms with van der Waals surface area (Å²) in [6, 6.07) is 12.5. The molecule has 1 saturated heterocycles. The van der Waals surface area contributed by atoms with Crippen LogP contribution in [0.2, 0.25) is 15.1 Å². The molecule has 0 radical (unpaired) electrons. The fourth-order valence-electron chi connectivity index (χ4n) is 5.34.